The van der Waals surface area contributed by atoms with Crippen molar-refractivity contribution in [3.63, 3.8) is 0 Å². The highest BCUT2D eigenvalue weighted by Crippen LogP contribution is 2.23. The zero-order valence-electron chi connectivity index (χ0n) is 8.96. The summed E-state index contributed by atoms with van der Waals surface area (Å²) in [6, 6.07) is 12.9. The van der Waals surface area contributed by atoms with Crippen LogP contribution >= 0.6 is 0 Å². The molecule has 82 valence electrons. The van der Waals surface area contributed by atoms with Gasteiger partial charge in [0.2, 0.25) is 0 Å². The van der Waals surface area contributed by atoms with E-state index in [-0.39, 0.29) is 0 Å². The molecule has 0 fully saturated rings. The summed E-state index contributed by atoms with van der Waals surface area (Å²) in [5, 5.41) is 0.859. The fraction of sp³-hybridized carbons (Fsp3) is 0. The zero-order chi connectivity index (χ0) is 11.7. The first-order valence-electron chi connectivity index (χ1n) is 5.27. The van der Waals surface area contributed by atoms with E-state index in [1.54, 1.807) is 18.4 Å². The van der Waals surface area contributed by atoms with Crippen molar-refractivity contribution < 1.29 is 9.21 Å². The number of pyridine rings is 1. The third kappa shape index (κ3) is 1.61. The van der Waals surface area contributed by atoms with Crippen molar-refractivity contribution in [3.05, 3.63) is 54.3 Å². The van der Waals surface area contributed by atoms with Crippen molar-refractivity contribution >= 4 is 17.2 Å². The quantitative estimate of drug-likeness (QED) is 0.626. The molecule has 3 aromatic rings. The molecule has 0 aliphatic heterocycles. The minimum atomic E-state index is 0.627. The van der Waals surface area contributed by atoms with Crippen molar-refractivity contribution in [2.75, 3.05) is 0 Å². The Morgan fingerprint density at radius 3 is 2.76 bits per heavy atom. The van der Waals surface area contributed by atoms with E-state index in [1.807, 2.05) is 30.3 Å². The highest BCUT2D eigenvalue weighted by molar-refractivity contribution is 5.97. The van der Waals surface area contributed by atoms with Crippen LogP contribution in [-0.4, -0.2) is 11.3 Å². The van der Waals surface area contributed by atoms with E-state index < -0.39 is 0 Å². The number of hydrogen-bond donors (Lipinski definition) is 0. The van der Waals surface area contributed by atoms with Crippen molar-refractivity contribution in [1.82, 2.24) is 4.98 Å². The predicted molar refractivity (Wildman–Crippen MR) is 64.8 cm³/mol. The third-order valence-electron chi connectivity index (χ3n) is 2.65. The lowest BCUT2D eigenvalue weighted by molar-refractivity contribution is 0.112. The molecule has 3 rings (SSSR count). The molecule has 0 bridgehead atoms. The Kier molecular flexibility index (Phi) is 2.22. The fourth-order valence-electron chi connectivity index (χ4n) is 1.85. The normalized spacial score (nSPS) is 10.6. The Morgan fingerprint density at radius 1 is 1.12 bits per heavy atom. The molecule has 0 unspecified atom stereocenters. The zero-order valence-corrected chi connectivity index (χ0v) is 8.96. The Hall–Kier alpha value is -2.42. The molecule has 0 aliphatic rings. The van der Waals surface area contributed by atoms with E-state index >= 15 is 0 Å². The smallest absolute Gasteiger partial charge is 0.152 e. The molecular weight excluding hydrogens is 214 g/mol. The maximum Gasteiger partial charge on any atom is 0.152 e. The lowest BCUT2D eigenvalue weighted by Gasteiger charge is -2.03. The van der Waals surface area contributed by atoms with Crippen molar-refractivity contribution in [2.45, 2.75) is 0 Å². The molecule has 0 N–H and O–H groups in total. The van der Waals surface area contributed by atoms with Gasteiger partial charge in [0.15, 0.2) is 12.0 Å². The average molecular weight is 223 g/mol. The van der Waals surface area contributed by atoms with E-state index in [1.165, 1.54) is 0 Å². The minimum Gasteiger partial charge on any atom is -0.463 e. The number of fused-ring (bicyclic) bond motifs is 1. The second kappa shape index (κ2) is 3.87. The van der Waals surface area contributed by atoms with Gasteiger partial charge in [-0.15, -0.1) is 0 Å². The summed E-state index contributed by atoms with van der Waals surface area (Å²) in [4.78, 5) is 15.6. The van der Waals surface area contributed by atoms with Gasteiger partial charge < -0.3 is 4.42 Å². The van der Waals surface area contributed by atoms with Crippen LogP contribution < -0.4 is 0 Å². The van der Waals surface area contributed by atoms with Gasteiger partial charge in [-0.25, -0.2) is 4.98 Å². The van der Waals surface area contributed by atoms with Gasteiger partial charge in [0.05, 0.1) is 11.8 Å². The molecule has 0 amide bonds. The van der Waals surface area contributed by atoms with Crippen LogP contribution in [0.15, 0.2) is 53.1 Å². The van der Waals surface area contributed by atoms with Gasteiger partial charge in [-0.1, -0.05) is 18.2 Å². The largest absolute Gasteiger partial charge is 0.463 e. The van der Waals surface area contributed by atoms with E-state index in [9.17, 15) is 4.79 Å². The van der Waals surface area contributed by atoms with Gasteiger partial charge >= 0.3 is 0 Å². The molecule has 0 spiro atoms. The molecule has 17 heavy (non-hydrogen) atoms. The molecule has 3 heteroatoms. The number of rotatable bonds is 2. The number of furan rings is 1. The van der Waals surface area contributed by atoms with E-state index in [0.717, 1.165) is 17.2 Å². The van der Waals surface area contributed by atoms with Crippen molar-refractivity contribution in [2.24, 2.45) is 0 Å². The topological polar surface area (TPSA) is 43.1 Å². The van der Waals surface area contributed by atoms with Crippen molar-refractivity contribution in [1.29, 1.82) is 0 Å². The summed E-state index contributed by atoms with van der Waals surface area (Å²) >= 11 is 0. The van der Waals surface area contributed by atoms with Crippen LogP contribution in [0.1, 0.15) is 10.4 Å². The summed E-state index contributed by atoms with van der Waals surface area (Å²) in [7, 11) is 0. The molecule has 0 atom stereocenters. The number of carbonyl (C=O) groups excluding carboxylic acids is 1. The first-order valence-corrected chi connectivity index (χ1v) is 5.27. The first kappa shape index (κ1) is 9.78. The maximum absolute atomic E-state index is 11.1. The number of aromatic nitrogens is 1. The first-order chi connectivity index (χ1) is 8.38. The summed E-state index contributed by atoms with van der Waals surface area (Å²) in [6.07, 6.45) is 2.43. The van der Waals surface area contributed by atoms with Crippen LogP contribution in [0.4, 0.5) is 0 Å². The number of para-hydroxylation sites is 1. The number of benzene rings is 1. The van der Waals surface area contributed by atoms with E-state index in [0.29, 0.717) is 17.0 Å². The number of hydrogen-bond acceptors (Lipinski definition) is 3. The van der Waals surface area contributed by atoms with E-state index in [4.69, 9.17) is 4.42 Å². The van der Waals surface area contributed by atoms with Gasteiger partial charge in [0.25, 0.3) is 0 Å². The van der Waals surface area contributed by atoms with Crippen LogP contribution in [0.5, 0.6) is 0 Å². The van der Waals surface area contributed by atoms with Gasteiger partial charge in [-0.3, -0.25) is 4.79 Å². The second-order valence-electron chi connectivity index (χ2n) is 3.71. The SMILES string of the molecule is O=Cc1cc(-c2ccco2)nc2ccccc12. The lowest BCUT2D eigenvalue weighted by Crippen LogP contribution is -1.90. The second-order valence-corrected chi connectivity index (χ2v) is 3.71. The Labute approximate surface area is 97.7 Å². The van der Waals surface area contributed by atoms with E-state index in [2.05, 4.69) is 4.98 Å². The highest BCUT2D eigenvalue weighted by atomic mass is 16.3. The van der Waals surface area contributed by atoms with Crippen LogP contribution in [0.25, 0.3) is 22.4 Å². The average Bonchev–Trinajstić information content (AvgIpc) is 2.91. The van der Waals surface area contributed by atoms with Crippen LogP contribution in [0, 0.1) is 0 Å². The third-order valence-corrected chi connectivity index (χ3v) is 2.65. The molecule has 0 saturated carbocycles. The molecule has 2 aromatic heterocycles. The van der Waals surface area contributed by atoms with Gasteiger partial charge in [-0.2, -0.15) is 0 Å². The van der Waals surface area contributed by atoms with Crippen LogP contribution in [0.3, 0.4) is 0 Å². The maximum atomic E-state index is 11.1. The number of carbonyl (C=O) groups is 1. The molecule has 2 heterocycles. The summed E-state index contributed by atoms with van der Waals surface area (Å²) in [6.45, 7) is 0. The summed E-state index contributed by atoms with van der Waals surface area (Å²) < 4.78 is 5.29. The molecule has 1 aromatic carbocycles. The lowest BCUT2D eigenvalue weighted by atomic mass is 10.1. The summed E-state index contributed by atoms with van der Waals surface area (Å²) in [5.41, 5.74) is 2.10. The molecule has 3 nitrogen and oxygen atoms in total. The minimum absolute atomic E-state index is 0.627. The molecule has 0 radical (unpaired) electrons. The predicted octanol–water partition coefficient (Wildman–Crippen LogP) is 3.31. The Balaban J connectivity index is 2.32. The monoisotopic (exact) mass is 223 g/mol. The highest BCUT2D eigenvalue weighted by Gasteiger charge is 2.08. The fourth-order valence-corrected chi connectivity index (χ4v) is 1.85. The van der Waals surface area contributed by atoms with Gasteiger partial charge in [0, 0.05) is 10.9 Å². The standard InChI is InChI=1S/C14H9NO2/c16-9-10-8-13(14-6-3-7-17-14)15-12-5-2-1-4-11(10)12/h1-9H. The Morgan fingerprint density at radius 2 is 2.00 bits per heavy atom. The molecule has 0 aliphatic carbocycles. The van der Waals surface area contributed by atoms with Gasteiger partial charge in [-0.05, 0) is 24.3 Å². The number of nitrogens with zero attached hydrogens (tertiary/aromatic N) is 1. The van der Waals surface area contributed by atoms with Crippen LogP contribution in [0.2, 0.25) is 0 Å². The molecule has 0 saturated heterocycles. The summed E-state index contributed by atoms with van der Waals surface area (Å²) in [5.74, 6) is 0.666. The Bertz CT molecular complexity index is 672. The van der Waals surface area contributed by atoms with Crippen LogP contribution in [-0.2, 0) is 0 Å². The molecular formula is C14H9NO2. The van der Waals surface area contributed by atoms with Crippen molar-refractivity contribution in [3.8, 4) is 11.5 Å². The van der Waals surface area contributed by atoms with Gasteiger partial charge in [0.1, 0.15) is 5.69 Å². The number of aldehydes is 1.